The SMILES string of the molecule is Cl.c1csc(C(CNC2CCCC2C2COCCN2)N2CCCC2)c1. The van der Waals surface area contributed by atoms with Crippen LogP contribution in [0.1, 0.15) is 43.0 Å². The monoisotopic (exact) mass is 385 g/mol. The quantitative estimate of drug-likeness (QED) is 0.789. The Balaban J connectivity index is 0.00000182. The summed E-state index contributed by atoms with van der Waals surface area (Å²) >= 11 is 1.92. The molecule has 2 aliphatic heterocycles. The van der Waals surface area contributed by atoms with E-state index in [1.165, 1.54) is 50.1 Å². The smallest absolute Gasteiger partial charge is 0.0623 e. The molecule has 2 N–H and O–H groups in total. The van der Waals surface area contributed by atoms with Gasteiger partial charge in [0.1, 0.15) is 0 Å². The van der Waals surface area contributed by atoms with E-state index in [1.807, 2.05) is 11.3 Å². The highest BCUT2D eigenvalue weighted by Crippen LogP contribution is 2.32. The number of rotatable bonds is 6. The van der Waals surface area contributed by atoms with Crippen molar-refractivity contribution in [3.63, 3.8) is 0 Å². The Morgan fingerprint density at radius 2 is 2.16 bits per heavy atom. The van der Waals surface area contributed by atoms with Crippen LogP contribution in [-0.4, -0.2) is 56.4 Å². The maximum atomic E-state index is 5.71. The first-order valence-electron chi connectivity index (χ1n) is 9.74. The van der Waals surface area contributed by atoms with Crippen molar-refractivity contribution in [2.24, 2.45) is 5.92 Å². The third kappa shape index (κ3) is 4.76. The molecule has 0 radical (unpaired) electrons. The third-order valence-electron chi connectivity index (χ3n) is 6.06. The summed E-state index contributed by atoms with van der Waals surface area (Å²) in [7, 11) is 0. The second-order valence-electron chi connectivity index (χ2n) is 7.52. The van der Waals surface area contributed by atoms with Crippen molar-refractivity contribution in [1.29, 1.82) is 0 Å². The molecule has 0 amide bonds. The van der Waals surface area contributed by atoms with Gasteiger partial charge in [-0.15, -0.1) is 23.7 Å². The van der Waals surface area contributed by atoms with E-state index in [2.05, 4.69) is 33.0 Å². The number of likely N-dealkylation sites (tertiary alicyclic amines) is 1. The van der Waals surface area contributed by atoms with Crippen LogP contribution in [0.5, 0.6) is 0 Å². The van der Waals surface area contributed by atoms with E-state index < -0.39 is 0 Å². The van der Waals surface area contributed by atoms with Gasteiger partial charge in [0.25, 0.3) is 0 Å². The van der Waals surface area contributed by atoms with Crippen LogP contribution >= 0.6 is 23.7 Å². The van der Waals surface area contributed by atoms with Crippen molar-refractivity contribution >= 4 is 23.7 Å². The number of hydrogen-bond donors (Lipinski definition) is 2. The average molecular weight is 386 g/mol. The summed E-state index contributed by atoms with van der Waals surface area (Å²) in [5.41, 5.74) is 0. The Kier molecular flexibility index (Phi) is 7.58. The van der Waals surface area contributed by atoms with Crippen molar-refractivity contribution < 1.29 is 4.74 Å². The number of nitrogens with one attached hydrogen (secondary N) is 2. The summed E-state index contributed by atoms with van der Waals surface area (Å²) in [5, 5.41) is 9.87. The van der Waals surface area contributed by atoms with Gasteiger partial charge in [0.05, 0.1) is 19.3 Å². The summed E-state index contributed by atoms with van der Waals surface area (Å²) in [5.74, 6) is 0.730. The van der Waals surface area contributed by atoms with Gasteiger partial charge in [0.15, 0.2) is 0 Å². The van der Waals surface area contributed by atoms with E-state index in [9.17, 15) is 0 Å². The fraction of sp³-hybridized carbons (Fsp3) is 0.789. The van der Waals surface area contributed by atoms with E-state index in [4.69, 9.17) is 4.74 Å². The number of nitrogens with zero attached hydrogens (tertiary/aromatic N) is 1. The van der Waals surface area contributed by atoms with Gasteiger partial charge in [-0.1, -0.05) is 12.5 Å². The van der Waals surface area contributed by atoms with Crippen LogP contribution in [0.3, 0.4) is 0 Å². The fourth-order valence-corrected chi connectivity index (χ4v) is 5.65. The molecule has 2 saturated heterocycles. The lowest BCUT2D eigenvalue weighted by Crippen LogP contribution is -2.51. The van der Waals surface area contributed by atoms with Crippen molar-refractivity contribution in [3.05, 3.63) is 22.4 Å². The van der Waals surface area contributed by atoms with Crippen LogP contribution < -0.4 is 10.6 Å². The molecule has 6 heteroatoms. The molecule has 3 aliphatic rings. The molecule has 4 nitrogen and oxygen atoms in total. The van der Waals surface area contributed by atoms with Gasteiger partial charge in [-0.2, -0.15) is 0 Å². The van der Waals surface area contributed by atoms with Crippen molar-refractivity contribution in [2.75, 3.05) is 39.4 Å². The van der Waals surface area contributed by atoms with E-state index in [0.29, 0.717) is 18.1 Å². The largest absolute Gasteiger partial charge is 0.379 e. The zero-order valence-electron chi connectivity index (χ0n) is 15.0. The van der Waals surface area contributed by atoms with Crippen molar-refractivity contribution in [3.8, 4) is 0 Å². The molecule has 1 saturated carbocycles. The van der Waals surface area contributed by atoms with Crippen LogP contribution in [0.15, 0.2) is 17.5 Å². The molecule has 1 aromatic heterocycles. The molecular formula is C19H32ClN3OS. The number of thiophene rings is 1. The predicted octanol–water partition coefficient (Wildman–Crippen LogP) is 3.05. The number of morpholine rings is 1. The standard InChI is InChI=1S/C19H31N3OS.ClH/c1-2-10-22(9-1)18(19-7-4-12-24-19)13-21-16-6-3-5-15(16)17-14-23-11-8-20-17;/h4,7,12,15-18,20-21H,1-3,5-6,8-11,13-14H2;1H. The maximum absolute atomic E-state index is 5.71. The highest BCUT2D eigenvalue weighted by molar-refractivity contribution is 7.10. The Bertz CT molecular complexity index is 489. The van der Waals surface area contributed by atoms with E-state index >= 15 is 0 Å². The minimum Gasteiger partial charge on any atom is -0.379 e. The molecular weight excluding hydrogens is 354 g/mol. The molecule has 4 unspecified atom stereocenters. The van der Waals surface area contributed by atoms with Gasteiger partial charge >= 0.3 is 0 Å². The molecule has 142 valence electrons. The fourth-order valence-electron chi connectivity index (χ4n) is 4.79. The van der Waals surface area contributed by atoms with Gasteiger partial charge in [-0.05, 0) is 56.1 Å². The minimum atomic E-state index is 0. The van der Waals surface area contributed by atoms with E-state index in [-0.39, 0.29) is 12.4 Å². The number of ether oxygens (including phenoxy) is 1. The second kappa shape index (κ2) is 9.67. The Morgan fingerprint density at radius 1 is 1.28 bits per heavy atom. The van der Waals surface area contributed by atoms with Crippen LogP contribution in [0.4, 0.5) is 0 Å². The van der Waals surface area contributed by atoms with Crippen LogP contribution in [0, 0.1) is 5.92 Å². The molecule has 3 fully saturated rings. The molecule has 0 bridgehead atoms. The van der Waals surface area contributed by atoms with Crippen LogP contribution in [0.25, 0.3) is 0 Å². The minimum absolute atomic E-state index is 0. The Labute approximate surface area is 162 Å². The first-order chi connectivity index (χ1) is 11.9. The highest BCUT2D eigenvalue weighted by atomic mass is 35.5. The molecule has 3 heterocycles. The van der Waals surface area contributed by atoms with Gasteiger partial charge < -0.3 is 15.4 Å². The van der Waals surface area contributed by atoms with Crippen LogP contribution in [0.2, 0.25) is 0 Å². The summed E-state index contributed by atoms with van der Waals surface area (Å²) in [6, 6.07) is 6.27. The Morgan fingerprint density at radius 3 is 2.88 bits per heavy atom. The summed E-state index contributed by atoms with van der Waals surface area (Å²) in [4.78, 5) is 4.21. The third-order valence-corrected chi connectivity index (χ3v) is 7.04. The molecule has 4 atom stereocenters. The molecule has 1 aliphatic carbocycles. The van der Waals surface area contributed by atoms with Crippen LogP contribution in [-0.2, 0) is 4.74 Å². The lowest BCUT2D eigenvalue weighted by molar-refractivity contribution is 0.0519. The second-order valence-corrected chi connectivity index (χ2v) is 8.50. The number of hydrogen-bond acceptors (Lipinski definition) is 5. The normalized spacial score (nSPS) is 31.8. The molecule has 4 rings (SSSR count). The van der Waals surface area contributed by atoms with Crippen molar-refractivity contribution in [2.45, 2.75) is 50.2 Å². The molecule has 25 heavy (non-hydrogen) atoms. The highest BCUT2D eigenvalue weighted by Gasteiger charge is 2.35. The lowest BCUT2D eigenvalue weighted by atomic mass is 9.93. The molecule has 0 spiro atoms. The maximum Gasteiger partial charge on any atom is 0.0623 e. The molecule has 0 aromatic carbocycles. The van der Waals surface area contributed by atoms with Crippen molar-refractivity contribution in [1.82, 2.24) is 15.5 Å². The first-order valence-corrected chi connectivity index (χ1v) is 10.6. The zero-order chi connectivity index (χ0) is 16.2. The predicted molar refractivity (Wildman–Crippen MR) is 107 cm³/mol. The van der Waals surface area contributed by atoms with Gasteiger partial charge in [0.2, 0.25) is 0 Å². The average Bonchev–Trinajstić information content (AvgIpc) is 3.39. The van der Waals surface area contributed by atoms with Gasteiger partial charge in [-0.3, -0.25) is 4.90 Å². The lowest BCUT2D eigenvalue weighted by Gasteiger charge is -2.34. The van der Waals surface area contributed by atoms with Gasteiger partial charge in [-0.25, -0.2) is 0 Å². The summed E-state index contributed by atoms with van der Waals surface area (Å²) in [6.07, 6.45) is 6.73. The zero-order valence-corrected chi connectivity index (χ0v) is 16.6. The topological polar surface area (TPSA) is 36.5 Å². The summed E-state index contributed by atoms with van der Waals surface area (Å²) < 4.78 is 5.71. The van der Waals surface area contributed by atoms with Gasteiger partial charge in [0, 0.05) is 30.1 Å². The van der Waals surface area contributed by atoms with E-state index in [0.717, 1.165) is 32.2 Å². The number of halogens is 1. The Hall–Kier alpha value is -0.170. The first kappa shape index (κ1) is 19.6. The van der Waals surface area contributed by atoms with E-state index in [1.54, 1.807) is 0 Å². The molecule has 1 aromatic rings. The summed E-state index contributed by atoms with van der Waals surface area (Å²) in [6.45, 7) is 6.39.